The highest BCUT2D eigenvalue weighted by atomic mass is 35.5. The zero-order valence-electron chi connectivity index (χ0n) is 10.7. The number of benzene rings is 1. The minimum atomic E-state index is -0.910. The van der Waals surface area contributed by atoms with E-state index in [0.717, 1.165) is 12.8 Å². The number of aliphatic carboxylic acids is 1. The van der Waals surface area contributed by atoms with Gasteiger partial charge in [-0.05, 0) is 31.0 Å². The first-order chi connectivity index (χ1) is 9.49. The number of carbonyl (C=O) groups excluding carboxylic acids is 1. The second kappa shape index (κ2) is 6.46. The Bertz CT molecular complexity index is 533. The van der Waals surface area contributed by atoms with Crippen molar-refractivity contribution in [2.45, 2.75) is 25.7 Å². The molecule has 20 heavy (non-hydrogen) atoms. The lowest BCUT2D eigenvalue weighted by molar-refractivity contribution is -0.147. The molecule has 4 nitrogen and oxygen atoms in total. The average molecular weight is 316 g/mol. The van der Waals surface area contributed by atoms with Crippen LogP contribution >= 0.6 is 23.2 Å². The monoisotopic (exact) mass is 315 g/mol. The molecule has 2 rings (SSSR count). The molecule has 1 aromatic carbocycles. The van der Waals surface area contributed by atoms with Crippen LogP contribution in [0.5, 0.6) is 0 Å². The van der Waals surface area contributed by atoms with Crippen LogP contribution in [0.15, 0.2) is 18.2 Å². The largest absolute Gasteiger partial charge is 0.481 e. The minimum absolute atomic E-state index is 0.290. The van der Waals surface area contributed by atoms with Crippen LogP contribution in [0.3, 0.4) is 0 Å². The number of hydrogen-bond acceptors (Lipinski definition) is 2. The highest BCUT2D eigenvalue weighted by Crippen LogP contribution is 2.32. The molecule has 1 fully saturated rings. The Morgan fingerprint density at radius 2 is 1.80 bits per heavy atom. The predicted octanol–water partition coefficient (Wildman–Crippen LogP) is 3.82. The molecular formula is C14H15Cl2NO3. The van der Waals surface area contributed by atoms with Crippen molar-refractivity contribution in [1.82, 2.24) is 0 Å². The third-order valence-corrected chi connectivity index (χ3v) is 4.16. The van der Waals surface area contributed by atoms with Crippen molar-refractivity contribution in [3.8, 4) is 0 Å². The van der Waals surface area contributed by atoms with Crippen molar-refractivity contribution in [1.29, 1.82) is 0 Å². The zero-order chi connectivity index (χ0) is 14.7. The lowest BCUT2D eigenvalue weighted by Gasteiger charge is -2.27. The van der Waals surface area contributed by atoms with Gasteiger partial charge in [-0.1, -0.05) is 36.0 Å². The van der Waals surface area contributed by atoms with E-state index in [-0.39, 0.29) is 5.91 Å². The number of nitrogens with one attached hydrogen (secondary N) is 1. The molecule has 108 valence electrons. The predicted molar refractivity (Wildman–Crippen MR) is 78.2 cm³/mol. The van der Waals surface area contributed by atoms with Gasteiger partial charge in [0, 0.05) is 5.02 Å². The Kier molecular flexibility index (Phi) is 4.89. The van der Waals surface area contributed by atoms with Gasteiger partial charge in [0.1, 0.15) is 0 Å². The smallest absolute Gasteiger partial charge is 0.307 e. The van der Waals surface area contributed by atoms with E-state index in [0.29, 0.717) is 28.6 Å². The Morgan fingerprint density at radius 1 is 1.15 bits per heavy atom. The van der Waals surface area contributed by atoms with Crippen LogP contribution in [-0.2, 0) is 9.59 Å². The number of halogens is 2. The normalized spacial score (nSPS) is 22.3. The number of carbonyl (C=O) groups is 2. The van der Waals surface area contributed by atoms with Crippen LogP contribution in [0.4, 0.5) is 5.69 Å². The molecule has 0 aromatic heterocycles. The number of hydrogen-bond donors (Lipinski definition) is 2. The summed E-state index contributed by atoms with van der Waals surface area (Å²) in [6, 6.07) is 4.77. The minimum Gasteiger partial charge on any atom is -0.481 e. The SMILES string of the molecule is O=C(O)[C@H]1CCCC[C@@H]1C(=O)Nc1ccc(Cl)cc1Cl. The van der Waals surface area contributed by atoms with Gasteiger partial charge in [-0.25, -0.2) is 0 Å². The summed E-state index contributed by atoms with van der Waals surface area (Å²) in [4.78, 5) is 23.5. The van der Waals surface area contributed by atoms with Crippen molar-refractivity contribution < 1.29 is 14.7 Å². The summed E-state index contributed by atoms with van der Waals surface area (Å²) in [6.45, 7) is 0. The van der Waals surface area contributed by atoms with Gasteiger partial charge in [0.15, 0.2) is 0 Å². The van der Waals surface area contributed by atoms with Crippen molar-refractivity contribution >= 4 is 40.8 Å². The average Bonchev–Trinajstić information content (AvgIpc) is 2.41. The van der Waals surface area contributed by atoms with Crippen LogP contribution in [0, 0.1) is 11.8 Å². The Hall–Kier alpha value is -1.26. The molecule has 0 saturated heterocycles. The fourth-order valence-electron chi connectivity index (χ4n) is 2.56. The molecule has 1 aliphatic carbocycles. The molecule has 0 unspecified atom stereocenters. The molecule has 2 atom stereocenters. The van der Waals surface area contributed by atoms with Gasteiger partial charge >= 0.3 is 5.97 Å². The van der Waals surface area contributed by atoms with E-state index < -0.39 is 17.8 Å². The fourth-order valence-corrected chi connectivity index (χ4v) is 3.01. The van der Waals surface area contributed by atoms with E-state index in [2.05, 4.69) is 5.32 Å². The first kappa shape index (κ1) is 15.1. The van der Waals surface area contributed by atoms with Crippen LogP contribution < -0.4 is 5.32 Å². The van der Waals surface area contributed by atoms with Gasteiger partial charge in [0.2, 0.25) is 5.91 Å². The number of amides is 1. The summed E-state index contributed by atoms with van der Waals surface area (Å²) in [5.74, 6) is -2.32. The lowest BCUT2D eigenvalue weighted by Crippen LogP contribution is -2.36. The molecule has 0 heterocycles. The summed E-state index contributed by atoms with van der Waals surface area (Å²) in [7, 11) is 0. The molecule has 1 saturated carbocycles. The van der Waals surface area contributed by atoms with E-state index in [4.69, 9.17) is 23.2 Å². The van der Waals surface area contributed by atoms with Crippen LogP contribution in [0.2, 0.25) is 10.0 Å². The van der Waals surface area contributed by atoms with Gasteiger partial charge in [0.25, 0.3) is 0 Å². The number of carboxylic acid groups (broad SMARTS) is 1. The van der Waals surface area contributed by atoms with E-state index in [1.807, 2.05) is 0 Å². The molecule has 1 amide bonds. The van der Waals surface area contributed by atoms with E-state index in [1.54, 1.807) is 12.1 Å². The summed E-state index contributed by atoms with van der Waals surface area (Å²) in [6.07, 6.45) is 2.86. The third-order valence-electron chi connectivity index (χ3n) is 3.61. The van der Waals surface area contributed by atoms with Gasteiger partial charge < -0.3 is 10.4 Å². The van der Waals surface area contributed by atoms with Gasteiger partial charge in [0.05, 0.1) is 22.5 Å². The maximum Gasteiger partial charge on any atom is 0.307 e. The first-order valence-corrected chi connectivity index (χ1v) is 7.23. The van der Waals surface area contributed by atoms with Gasteiger partial charge in [-0.15, -0.1) is 0 Å². The van der Waals surface area contributed by atoms with Crippen LogP contribution in [0.25, 0.3) is 0 Å². The topological polar surface area (TPSA) is 66.4 Å². The highest BCUT2D eigenvalue weighted by molar-refractivity contribution is 6.36. The zero-order valence-corrected chi connectivity index (χ0v) is 12.2. The summed E-state index contributed by atoms with van der Waals surface area (Å²) >= 11 is 11.8. The van der Waals surface area contributed by atoms with Crippen LogP contribution in [-0.4, -0.2) is 17.0 Å². The molecule has 1 aromatic rings. The first-order valence-electron chi connectivity index (χ1n) is 6.48. The van der Waals surface area contributed by atoms with Crippen molar-refractivity contribution in [2.75, 3.05) is 5.32 Å². The number of anilines is 1. The number of carboxylic acids is 1. The molecule has 0 bridgehead atoms. The second-order valence-corrected chi connectivity index (χ2v) is 5.79. The Morgan fingerprint density at radius 3 is 2.40 bits per heavy atom. The molecule has 2 N–H and O–H groups in total. The Labute approximate surface area is 127 Å². The van der Waals surface area contributed by atoms with Crippen LogP contribution in [0.1, 0.15) is 25.7 Å². The van der Waals surface area contributed by atoms with E-state index in [9.17, 15) is 14.7 Å². The maximum atomic E-state index is 12.3. The third kappa shape index (κ3) is 3.44. The van der Waals surface area contributed by atoms with Crippen molar-refractivity contribution in [2.24, 2.45) is 11.8 Å². The van der Waals surface area contributed by atoms with Crippen molar-refractivity contribution in [3.05, 3.63) is 28.2 Å². The molecule has 0 spiro atoms. The quantitative estimate of drug-likeness (QED) is 0.891. The van der Waals surface area contributed by atoms with Gasteiger partial charge in [-0.2, -0.15) is 0 Å². The molecule has 0 radical (unpaired) electrons. The maximum absolute atomic E-state index is 12.3. The molecular weight excluding hydrogens is 301 g/mol. The number of rotatable bonds is 3. The highest BCUT2D eigenvalue weighted by Gasteiger charge is 2.35. The fraction of sp³-hybridized carbons (Fsp3) is 0.429. The summed E-state index contributed by atoms with van der Waals surface area (Å²) in [5, 5.41) is 12.7. The second-order valence-electron chi connectivity index (χ2n) is 4.95. The van der Waals surface area contributed by atoms with Gasteiger partial charge in [-0.3, -0.25) is 9.59 Å². The van der Waals surface area contributed by atoms with E-state index in [1.165, 1.54) is 6.07 Å². The van der Waals surface area contributed by atoms with Crippen molar-refractivity contribution in [3.63, 3.8) is 0 Å². The lowest BCUT2D eigenvalue weighted by atomic mass is 9.78. The molecule has 0 aliphatic heterocycles. The molecule has 1 aliphatic rings. The molecule has 6 heteroatoms. The summed E-state index contributed by atoms with van der Waals surface area (Å²) in [5.41, 5.74) is 0.454. The summed E-state index contributed by atoms with van der Waals surface area (Å²) < 4.78 is 0. The standard InChI is InChI=1S/C14H15Cl2NO3/c15-8-5-6-12(11(16)7-8)17-13(18)9-3-1-2-4-10(9)14(19)20/h5-7,9-10H,1-4H2,(H,17,18)(H,19,20)/t9-,10-/m0/s1. The van der Waals surface area contributed by atoms with E-state index >= 15 is 0 Å². The Balaban J connectivity index is 2.12.